The monoisotopic (exact) mass is 373 g/mol. The number of hydrogen-bond acceptors (Lipinski definition) is 3. The maximum atomic E-state index is 9.00. The summed E-state index contributed by atoms with van der Waals surface area (Å²) >= 11 is 0. The number of hydrogen-bond donors (Lipinski definition) is 3. The number of carboxylic acid groups (broad SMARTS) is 3. The third kappa shape index (κ3) is 8310. The molecule has 8 heteroatoms. The SMILES string of the molecule is CC(=O)O.CC(=O)O.CC(=O)O.O.[Lu]. The van der Waals surface area contributed by atoms with Crippen LogP contribution in [0.25, 0.3) is 0 Å². The van der Waals surface area contributed by atoms with Gasteiger partial charge in [-0.25, -0.2) is 0 Å². The van der Waals surface area contributed by atoms with Gasteiger partial charge in [-0.2, -0.15) is 0 Å². The minimum atomic E-state index is -0.833. The molecule has 0 rings (SSSR count). The van der Waals surface area contributed by atoms with E-state index in [9.17, 15) is 0 Å². The van der Waals surface area contributed by atoms with Gasteiger partial charge in [0.15, 0.2) is 0 Å². The van der Waals surface area contributed by atoms with Crippen molar-refractivity contribution in [1.29, 1.82) is 0 Å². The number of aliphatic carboxylic acids is 3. The van der Waals surface area contributed by atoms with Crippen molar-refractivity contribution in [2.45, 2.75) is 20.8 Å². The van der Waals surface area contributed by atoms with E-state index in [1.165, 1.54) is 0 Å². The van der Waals surface area contributed by atoms with Crippen LogP contribution in [0.5, 0.6) is 0 Å². The molecule has 0 aliphatic rings. The van der Waals surface area contributed by atoms with Crippen LogP contribution in [0.15, 0.2) is 0 Å². The molecule has 0 saturated carbocycles. The molecule has 0 saturated heterocycles. The van der Waals surface area contributed by atoms with Crippen LogP contribution in [0.3, 0.4) is 0 Å². The fourth-order valence-corrected chi connectivity index (χ4v) is 0. The Bertz CT molecular complexity index is 116. The quantitative estimate of drug-likeness (QED) is 0.520. The zero-order valence-electron chi connectivity index (χ0n) is 7.82. The predicted octanol–water partition coefficient (Wildman–Crippen LogP) is -0.552. The molecule has 0 bridgehead atoms. The number of carboxylic acids is 3. The van der Waals surface area contributed by atoms with Crippen molar-refractivity contribution < 1.29 is 72.1 Å². The van der Waals surface area contributed by atoms with Gasteiger partial charge in [-0.15, -0.1) is 0 Å². The first kappa shape index (κ1) is 29.2. The van der Waals surface area contributed by atoms with Gasteiger partial charge in [0.2, 0.25) is 0 Å². The van der Waals surface area contributed by atoms with Crippen molar-refractivity contribution >= 4 is 17.9 Å². The molecule has 0 amide bonds. The first-order valence-corrected chi connectivity index (χ1v) is 2.78. The molecule has 0 fully saturated rings. The number of carbonyl (C=O) groups is 3. The van der Waals surface area contributed by atoms with E-state index in [4.69, 9.17) is 29.7 Å². The van der Waals surface area contributed by atoms with Gasteiger partial charge in [0.1, 0.15) is 0 Å². The van der Waals surface area contributed by atoms with Crippen LogP contribution in [0.4, 0.5) is 0 Å². The van der Waals surface area contributed by atoms with Gasteiger partial charge in [-0.05, 0) is 0 Å². The van der Waals surface area contributed by atoms with Gasteiger partial charge in [0.05, 0.1) is 0 Å². The summed E-state index contributed by atoms with van der Waals surface area (Å²) in [6, 6.07) is 0. The Morgan fingerprint density at radius 1 is 0.714 bits per heavy atom. The molecule has 0 heterocycles. The maximum Gasteiger partial charge on any atom is 0.300 e. The maximum absolute atomic E-state index is 9.00. The fraction of sp³-hybridized carbons (Fsp3) is 0.500. The molecule has 0 aromatic heterocycles. The minimum Gasteiger partial charge on any atom is -0.481 e. The fourth-order valence-electron chi connectivity index (χ4n) is 0. The van der Waals surface area contributed by atoms with Crippen LogP contribution in [0.1, 0.15) is 20.8 Å². The smallest absolute Gasteiger partial charge is 0.300 e. The summed E-state index contributed by atoms with van der Waals surface area (Å²) < 4.78 is 0. The molecule has 14 heavy (non-hydrogen) atoms. The van der Waals surface area contributed by atoms with E-state index in [0.29, 0.717) is 0 Å². The molecular weight excluding hydrogens is 359 g/mol. The van der Waals surface area contributed by atoms with Crippen molar-refractivity contribution in [2.24, 2.45) is 0 Å². The van der Waals surface area contributed by atoms with Crippen LogP contribution in [-0.4, -0.2) is 38.7 Å². The van der Waals surface area contributed by atoms with Gasteiger partial charge in [-0.3, -0.25) is 14.4 Å². The molecule has 0 atom stereocenters. The van der Waals surface area contributed by atoms with E-state index in [2.05, 4.69) is 0 Å². The summed E-state index contributed by atoms with van der Waals surface area (Å²) in [7, 11) is 0. The summed E-state index contributed by atoms with van der Waals surface area (Å²) in [6.45, 7) is 3.25. The molecule has 1 radical (unpaired) electrons. The van der Waals surface area contributed by atoms with Crippen LogP contribution in [0.2, 0.25) is 0 Å². The van der Waals surface area contributed by atoms with Gasteiger partial charge in [0.25, 0.3) is 17.9 Å². The summed E-state index contributed by atoms with van der Waals surface area (Å²) in [5.41, 5.74) is 0. The van der Waals surface area contributed by atoms with Crippen molar-refractivity contribution in [2.75, 3.05) is 0 Å². The Kier molecular flexibility index (Phi) is 47.8. The van der Waals surface area contributed by atoms with Crippen molar-refractivity contribution in [1.82, 2.24) is 0 Å². The largest absolute Gasteiger partial charge is 0.481 e. The van der Waals surface area contributed by atoms with Gasteiger partial charge in [-0.1, -0.05) is 0 Å². The first-order valence-electron chi connectivity index (χ1n) is 2.78. The minimum absolute atomic E-state index is 0. The third-order valence-corrected chi connectivity index (χ3v) is 0. The van der Waals surface area contributed by atoms with Crippen molar-refractivity contribution in [3.8, 4) is 0 Å². The Balaban J connectivity index is -0.0000000270. The molecule has 5 N–H and O–H groups in total. The molecule has 0 aliphatic heterocycles. The van der Waals surface area contributed by atoms with Crippen LogP contribution in [-0.2, 0) is 14.4 Å². The van der Waals surface area contributed by atoms with Gasteiger partial charge in [0, 0.05) is 57.6 Å². The summed E-state index contributed by atoms with van der Waals surface area (Å²) in [5.74, 6) is -2.50. The molecule has 0 aromatic carbocycles. The molecule has 0 spiro atoms. The van der Waals surface area contributed by atoms with Gasteiger partial charge < -0.3 is 20.8 Å². The van der Waals surface area contributed by atoms with Gasteiger partial charge >= 0.3 is 0 Å². The summed E-state index contributed by atoms with van der Waals surface area (Å²) in [5, 5.41) is 22.2. The normalized spacial score (nSPS) is 5.36. The summed E-state index contributed by atoms with van der Waals surface area (Å²) in [6.07, 6.45) is 0. The van der Waals surface area contributed by atoms with E-state index in [1.807, 2.05) is 0 Å². The van der Waals surface area contributed by atoms with Crippen LogP contribution in [0, 0.1) is 36.9 Å². The summed E-state index contributed by atoms with van der Waals surface area (Å²) in [4.78, 5) is 27.0. The predicted molar refractivity (Wildman–Crippen MR) is 43.5 cm³/mol. The Labute approximate surface area is 110 Å². The molecule has 7 nitrogen and oxygen atoms in total. The molecule has 0 aromatic rings. The second-order valence-electron chi connectivity index (χ2n) is 1.56. The van der Waals surface area contributed by atoms with E-state index in [0.717, 1.165) is 20.8 Å². The Morgan fingerprint density at radius 3 is 0.714 bits per heavy atom. The zero-order valence-corrected chi connectivity index (χ0v) is 9.48. The standard InChI is InChI=1S/3C2H4O2.Lu.H2O/c3*1-2(3)4;;/h3*1H3,(H,3,4);;1H2. The molecule has 95 valence electrons. The topological polar surface area (TPSA) is 143 Å². The first-order chi connectivity index (χ1) is 5.20. The Morgan fingerprint density at radius 2 is 0.714 bits per heavy atom. The molecular formula is C6H14LuO7. The second-order valence-corrected chi connectivity index (χ2v) is 1.56. The molecule has 0 unspecified atom stereocenters. The average Bonchev–Trinajstić information content (AvgIpc) is 1.54. The van der Waals surface area contributed by atoms with Crippen molar-refractivity contribution in [3.63, 3.8) is 0 Å². The average molecular weight is 373 g/mol. The third-order valence-electron chi connectivity index (χ3n) is 0. The van der Waals surface area contributed by atoms with E-state index >= 15 is 0 Å². The molecule has 0 aliphatic carbocycles. The van der Waals surface area contributed by atoms with Crippen LogP contribution >= 0.6 is 0 Å². The number of rotatable bonds is 0. The Hall–Kier alpha value is -0.396. The van der Waals surface area contributed by atoms with E-state index < -0.39 is 17.9 Å². The zero-order chi connectivity index (χ0) is 10.7. The van der Waals surface area contributed by atoms with E-state index in [1.54, 1.807) is 0 Å². The van der Waals surface area contributed by atoms with Crippen LogP contribution < -0.4 is 0 Å². The van der Waals surface area contributed by atoms with Crippen molar-refractivity contribution in [3.05, 3.63) is 0 Å². The van der Waals surface area contributed by atoms with E-state index in [-0.39, 0.29) is 42.4 Å². The second kappa shape index (κ2) is 22.9.